The molecule has 0 radical (unpaired) electrons. The van der Waals surface area contributed by atoms with E-state index < -0.39 is 11.6 Å². The SMILES string of the molecule is COC12CC3CC(CC(Cn4ncc(-c5ccc(N6CCc7cccc(C(=O)Nc8nc9ccccc9s8)c7C6)nc5C(=O)OC(C)(C)C)c4C)(C3)C1)C2. The van der Waals surface area contributed by atoms with Gasteiger partial charge in [0, 0.05) is 49.1 Å². The topological polar surface area (TPSA) is 111 Å². The van der Waals surface area contributed by atoms with Crippen LogP contribution >= 0.6 is 11.3 Å². The van der Waals surface area contributed by atoms with Crippen molar-refractivity contribution < 1.29 is 19.1 Å². The highest BCUT2D eigenvalue weighted by Crippen LogP contribution is 2.63. The van der Waals surface area contributed by atoms with Gasteiger partial charge in [-0.25, -0.2) is 14.8 Å². The minimum Gasteiger partial charge on any atom is -0.455 e. The quantitative estimate of drug-likeness (QED) is 0.157. The summed E-state index contributed by atoms with van der Waals surface area (Å²) in [5, 5.41) is 8.55. The molecule has 2 unspecified atom stereocenters. The molecular formula is C43H48N6O4S. The first-order valence-corrected chi connectivity index (χ1v) is 20.1. The maximum atomic E-state index is 14.0. The van der Waals surface area contributed by atoms with Crippen molar-refractivity contribution in [3.05, 3.63) is 88.9 Å². The minimum absolute atomic E-state index is 0.00749. The van der Waals surface area contributed by atoms with Crippen LogP contribution in [0.1, 0.15) is 97.0 Å². The molecular weight excluding hydrogens is 697 g/mol. The number of para-hydroxylation sites is 1. The lowest BCUT2D eigenvalue weighted by molar-refractivity contribution is -0.184. The number of hydrogen-bond acceptors (Lipinski definition) is 9. The lowest BCUT2D eigenvalue weighted by atomic mass is 9.48. The summed E-state index contributed by atoms with van der Waals surface area (Å²) < 4.78 is 15.3. The zero-order valence-corrected chi connectivity index (χ0v) is 32.6. The zero-order chi connectivity index (χ0) is 37.4. The van der Waals surface area contributed by atoms with Gasteiger partial charge >= 0.3 is 5.97 Å². The van der Waals surface area contributed by atoms with Crippen molar-refractivity contribution in [2.24, 2.45) is 17.3 Å². The smallest absolute Gasteiger partial charge is 0.358 e. The molecule has 4 bridgehead atoms. The standard InChI is InChI=1S/C43H48N6O4S/c1-26-32(22-44-49(26)25-42-18-27-17-28(19-42)21-43(20-27,24-42)52-5)30-13-14-36(46-37(30)39(51)53-41(2,3)4)48-16-15-29-9-8-10-31(33(29)23-48)38(50)47-40-45-34-11-6-7-12-35(34)54-40/h6-14,22,27-28H,15-21,23-25H2,1-5H3,(H,45,47,50). The summed E-state index contributed by atoms with van der Waals surface area (Å²) in [6.07, 6.45) is 9.87. The van der Waals surface area contributed by atoms with E-state index in [9.17, 15) is 9.59 Å². The first kappa shape index (κ1) is 35.1. The molecule has 0 saturated heterocycles. The Morgan fingerprint density at radius 2 is 1.78 bits per heavy atom. The van der Waals surface area contributed by atoms with Crippen molar-refractivity contribution in [2.45, 2.75) is 96.9 Å². The molecule has 1 N–H and O–H groups in total. The number of benzene rings is 2. The normalized spacial score (nSPS) is 24.5. The Labute approximate surface area is 320 Å². The van der Waals surface area contributed by atoms with Crippen molar-refractivity contribution in [3.63, 3.8) is 0 Å². The van der Waals surface area contributed by atoms with E-state index >= 15 is 0 Å². The fourth-order valence-electron chi connectivity index (χ4n) is 10.4. The number of hydrogen-bond donors (Lipinski definition) is 1. The Bertz CT molecular complexity index is 2240. The molecule has 2 aromatic carbocycles. The zero-order valence-electron chi connectivity index (χ0n) is 31.8. The molecule has 4 heterocycles. The molecule has 4 fully saturated rings. The van der Waals surface area contributed by atoms with Gasteiger partial charge < -0.3 is 14.4 Å². The van der Waals surface area contributed by atoms with E-state index in [0.717, 1.165) is 63.8 Å². The Kier molecular flexibility index (Phi) is 8.46. The van der Waals surface area contributed by atoms with Crippen LogP contribution in [0.5, 0.6) is 0 Å². The number of fused-ring (bicyclic) bond motifs is 2. The summed E-state index contributed by atoms with van der Waals surface area (Å²) in [6, 6.07) is 17.7. The third-order valence-electron chi connectivity index (χ3n) is 12.3. The first-order chi connectivity index (χ1) is 25.9. The van der Waals surface area contributed by atoms with E-state index in [1.54, 1.807) is 0 Å². The molecule has 5 aromatic rings. The van der Waals surface area contributed by atoms with Gasteiger partial charge in [-0.3, -0.25) is 14.8 Å². The van der Waals surface area contributed by atoms with Gasteiger partial charge in [-0.05, 0) is 131 Å². The molecule has 0 spiro atoms. The highest BCUT2D eigenvalue weighted by atomic mass is 32.1. The van der Waals surface area contributed by atoms with Crippen molar-refractivity contribution >= 4 is 44.4 Å². The lowest BCUT2D eigenvalue weighted by Crippen LogP contribution is -2.57. The van der Waals surface area contributed by atoms with Gasteiger partial charge in [0.25, 0.3) is 5.91 Å². The molecule has 10 nitrogen and oxygen atoms in total. The van der Waals surface area contributed by atoms with Gasteiger partial charge in [-0.15, -0.1) is 0 Å². The molecule has 5 aliphatic rings. The number of carbonyl (C=O) groups excluding carboxylic acids is 2. The van der Waals surface area contributed by atoms with E-state index in [-0.39, 0.29) is 22.6 Å². The van der Waals surface area contributed by atoms with Crippen LogP contribution in [0.25, 0.3) is 21.3 Å². The predicted octanol–water partition coefficient (Wildman–Crippen LogP) is 8.62. The molecule has 1 amide bonds. The molecule has 4 aliphatic carbocycles. The van der Waals surface area contributed by atoms with Crippen LogP contribution in [0.15, 0.2) is 60.8 Å². The van der Waals surface area contributed by atoms with E-state index in [4.69, 9.17) is 19.6 Å². The monoisotopic (exact) mass is 744 g/mol. The van der Waals surface area contributed by atoms with Crippen LogP contribution in [-0.2, 0) is 29.0 Å². The van der Waals surface area contributed by atoms with Gasteiger partial charge in [0.05, 0.1) is 22.0 Å². The molecule has 4 saturated carbocycles. The second-order valence-electron chi connectivity index (χ2n) is 17.3. The maximum absolute atomic E-state index is 14.0. The number of amides is 1. The van der Waals surface area contributed by atoms with Crippen molar-refractivity contribution in [1.82, 2.24) is 19.7 Å². The average molecular weight is 745 g/mol. The number of nitrogens with one attached hydrogen (secondary N) is 1. The molecule has 280 valence electrons. The number of nitrogens with zero attached hydrogens (tertiary/aromatic N) is 5. The van der Waals surface area contributed by atoms with Gasteiger partial charge in [0.2, 0.25) is 0 Å². The third-order valence-corrected chi connectivity index (χ3v) is 13.2. The number of ether oxygens (including phenoxy) is 2. The lowest BCUT2D eigenvalue weighted by Gasteiger charge is -2.61. The van der Waals surface area contributed by atoms with Crippen LogP contribution < -0.4 is 10.2 Å². The van der Waals surface area contributed by atoms with Crippen molar-refractivity contribution in [3.8, 4) is 11.1 Å². The molecule has 2 atom stereocenters. The number of rotatable bonds is 8. The fraction of sp³-hybridized carbons (Fsp3) is 0.465. The Balaban J connectivity index is 1.01. The Hall–Kier alpha value is -4.61. The van der Waals surface area contributed by atoms with E-state index in [1.807, 2.05) is 82.6 Å². The number of anilines is 2. The van der Waals surface area contributed by atoms with E-state index in [2.05, 4.69) is 32.9 Å². The highest BCUT2D eigenvalue weighted by Gasteiger charge is 2.58. The molecule has 54 heavy (non-hydrogen) atoms. The Morgan fingerprint density at radius 1 is 0.981 bits per heavy atom. The second-order valence-corrected chi connectivity index (χ2v) is 18.3. The van der Waals surface area contributed by atoms with Crippen molar-refractivity contribution in [2.75, 3.05) is 23.9 Å². The summed E-state index contributed by atoms with van der Waals surface area (Å²) in [4.78, 5) is 39.4. The summed E-state index contributed by atoms with van der Waals surface area (Å²) >= 11 is 1.46. The third kappa shape index (κ3) is 6.38. The first-order valence-electron chi connectivity index (χ1n) is 19.2. The molecule has 10 rings (SSSR count). The number of pyridine rings is 1. The number of esters is 1. The van der Waals surface area contributed by atoms with Crippen LogP contribution in [0.4, 0.5) is 10.9 Å². The van der Waals surface area contributed by atoms with E-state index in [1.165, 1.54) is 43.4 Å². The van der Waals surface area contributed by atoms with Crippen LogP contribution in [0, 0.1) is 24.2 Å². The van der Waals surface area contributed by atoms with E-state index in [0.29, 0.717) is 35.2 Å². The summed E-state index contributed by atoms with van der Waals surface area (Å²) in [5.74, 6) is 1.45. The fourth-order valence-corrected chi connectivity index (χ4v) is 11.2. The molecule has 11 heteroatoms. The highest BCUT2D eigenvalue weighted by molar-refractivity contribution is 7.22. The van der Waals surface area contributed by atoms with Crippen LogP contribution in [0.2, 0.25) is 0 Å². The maximum Gasteiger partial charge on any atom is 0.358 e. The summed E-state index contributed by atoms with van der Waals surface area (Å²) in [6.45, 7) is 9.74. The second kappa shape index (κ2) is 13.0. The summed E-state index contributed by atoms with van der Waals surface area (Å²) in [5.41, 5.74) is 5.93. The number of aromatic nitrogens is 4. The van der Waals surface area contributed by atoms with Crippen LogP contribution in [-0.4, -0.2) is 56.5 Å². The average Bonchev–Trinajstić information content (AvgIpc) is 3.71. The van der Waals surface area contributed by atoms with Crippen molar-refractivity contribution in [1.29, 1.82) is 0 Å². The van der Waals surface area contributed by atoms with Gasteiger partial charge in [0.15, 0.2) is 10.8 Å². The summed E-state index contributed by atoms with van der Waals surface area (Å²) in [7, 11) is 1.90. The number of thiazole rings is 1. The number of methoxy groups -OCH3 is 1. The minimum atomic E-state index is -0.698. The van der Waals surface area contributed by atoms with Crippen LogP contribution in [0.3, 0.4) is 0 Å². The predicted molar refractivity (Wildman–Crippen MR) is 211 cm³/mol. The Morgan fingerprint density at radius 3 is 2.54 bits per heavy atom. The largest absolute Gasteiger partial charge is 0.455 e. The van der Waals surface area contributed by atoms with Gasteiger partial charge in [-0.2, -0.15) is 5.10 Å². The van der Waals surface area contributed by atoms with Gasteiger partial charge in [-0.1, -0.05) is 35.6 Å². The molecule has 3 aromatic heterocycles. The molecule has 1 aliphatic heterocycles. The number of carbonyl (C=O) groups is 2. The van der Waals surface area contributed by atoms with Gasteiger partial charge in [0.1, 0.15) is 11.4 Å².